The number of benzene rings is 2. The van der Waals surface area contributed by atoms with Crippen LogP contribution in [0.15, 0.2) is 42.5 Å². The van der Waals surface area contributed by atoms with Crippen LogP contribution in [-0.4, -0.2) is 94.9 Å². The molecule has 182 valence electrons. The summed E-state index contributed by atoms with van der Waals surface area (Å²) in [6.45, 7) is 6.31. The fraction of sp³-hybridized carbons (Fsp3) is 0.520. The van der Waals surface area contributed by atoms with Gasteiger partial charge in [-0.15, -0.1) is 0 Å². The lowest BCUT2D eigenvalue weighted by molar-refractivity contribution is 0.0321. The van der Waals surface area contributed by atoms with Crippen molar-refractivity contribution in [1.29, 1.82) is 0 Å². The Morgan fingerprint density at radius 3 is 2.39 bits per heavy atom. The van der Waals surface area contributed by atoms with Gasteiger partial charge < -0.3 is 28.8 Å². The minimum atomic E-state index is -0.609. The molecule has 0 aromatic heterocycles. The van der Waals surface area contributed by atoms with Gasteiger partial charge in [0.25, 0.3) is 0 Å². The molecule has 1 saturated heterocycles. The van der Waals surface area contributed by atoms with Gasteiger partial charge in [0.15, 0.2) is 11.5 Å². The van der Waals surface area contributed by atoms with Crippen LogP contribution in [0.25, 0.3) is 0 Å². The molecule has 1 atom stereocenters. The maximum absolute atomic E-state index is 10.4. The molecule has 1 N–H and O–H groups in total. The van der Waals surface area contributed by atoms with Gasteiger partial charge in [-0.25, -0.2) is 0 Å². The van der Waals surface area contributed by atoms with Crippen LogP contribution in [0.5, 0.6) is 23.0 Å². The lowest BCUT2D eigenvalue weighted by Gasteiger charge is -2.26. The number of aliphatic hydroxyl groups is 1. The van der Waals surface area contributed by atoms with Crippen molar-refractivity contribution in [2.45, 2.75) is 12.6 Å². The first-order valence-corrected chi connectivity index (χ1v) is 11.3. The SMILES string of the molecule is COc1ccc(OC[C@H](O)CN(C)Cc2ccc(OCCN3CCOCC3)c(OC)c2)cc1. The Hall–Kier alpha value is -2.52. The Morgan fingerprint density at radius 1 is 0.970 bits per heavy atom. The number of morpholine rings is 1. The van der Waals surface area contributed by atoms with Crippen molar-refractivity contribution in [2.24, 2.45) is 0 Å². The third-order valence-corrected chi connectivity index (χ3v) is 5.47. The summed E-state index contributed by atoms with van der Waals surface area (Å²) in [7, 11) is 5.24. The summed E-state index contributed by atoms with van der Waals surface area (Å²) < 4.78 is 27.7. The van der Waals surface area contributed by atoms with E-state index >= 15 is 0 Å². The molecule has 0 bridgehead atoms. The molecule has 0 saturated carbocycles. The van der Waals surface area contributed by atoms with E-state index in [1.165, 1.54) is 0 Å². The second kappa shape index (κ2) is 13.3. The average molecular weight is 461 g/mol. The van der Waals surface area contributed by atoms with Gasteiger partial charge in [-0.1, -0.05) is 6.07 Å². The van der Waals surface area contributed by atoms with E-state index in [0.29, 0.717) is 31.2 Å². The second-order valence-electron chi connectivity index (χ2n) is 8.12. The summed E-state index contributed by atoms with van der Waals surface area (Å²) >= 11 is 0. The fourth-order valence-corrected chi connectivity index (χ4v) is 3.69. The normalized spacial score (nSPS) is 15.3. The molecule has 33 heavy (non-hydrogen) atoms. The Labute approximate surface area is 196 Å². The van der Waals surface area contributed by atoms with Gasteiger partial charge >= 0.3 is 0 Å². The van der Waals surface area contributed by atoms with Crippen molar-refractivity contribution in [3.63, 3.8) is 0 Å². The highest BCUT2D eigenvalue weighted by Gasteiger charge is 2.13. The Balaban J connectivity index is 1.42. The highest BCUT2D eigenvalue weighted by Crippen LogP contribution is 2.28. The van der Waals surface area contributed by atoms with E-state index in [0.717, 1.165) is 49.9 Å². The summed E-state index contributed by atoms with van der Waals surface area (Å²) in [5.41, 5.74) is 1.08. The van der Waals surface area contributed by atoms with E-state index < -0.39 is 6.10 Å². The Bertz CT molecular complexity index is 826. The maximum Gasteiger partial charge on any atom is 0.161 e. The molecule has 3 rings (SSSR count). The van der Waals surface area contributed by atoms with Crippen LogP contribution < -0.4 is 18.9 Å². The Morgan fingerprint density at radius 2 is 1.70 bits per heavy atom. The van der Waals surface area contributed by atoms with Crippen LogP contribution in [-0.2, 0) is 11.3 Å². The van der Waals surface area contributed by atoms with E-state index in [2.05, 4.69) is 9.80 Å². The molecule has 8 nitrogen and oxygen atoms in total. The molecule has 1 aliphatic heterocycles. The van der Waals surface area contributed by atoms with Gasteiger partial charge in [-0.05, 0) is 49.0 Å². The minimum Gasteiger partial charge on any atom is -0.497 e. The van der Waals surface area contributed by atoms with E-state index in [4.69, 9.17) is 23.7 Å². The Kier molecular flexibility index (Phi) is 10.1. The van der Waals surface area contributed by atoms with E-state index in [1.807, 2.05) is 49.5 Å². The monoisotopic (exact) mass is 460 g/mol. The standard InChI is InChI=1S/C25H36N2O6/c1-26(18-21(28)19-33-23-7-5-22(29-2)6-8-23)17-20-4-9-24(25(16-20)30-3)32-15-12-27-10-13-31-14-11-27/h4-9,16,21,28H,10-15,17-19H2,1-3H3/t21-/m1/s1. The highest BCUT2D eigenvalue weighted by atomic mass is 16.5. The third kappa shape index (κ3) is 8.40. The summed E-state index contributed by atoms with van der Waals surface area (Å²) in [6.07, 6.45) is -0.609. The molecule has 2 aromatic rings. The molecule has 1 aliphatic rings. The number of methoxy groups -OCH3 is 2. The van der Waals surface area contributed by atoms with Crippen LogP contribution in [0.3, 0.4) is 0 Å². The molecule has 0 unspecified atom stereocenters. The number of aliphatic hydroxyl groups excluding tert-OH is 1. The summed E-state index contributed by atoms with van der Waals surface area (Å²) in [5, 5.41) is 10.4. The topological polar surface area (TPSA) is 72.9 Å². The van der Waals surface area contributed by atoms with Crippen LogP contribution in [0.1, 0.15) is 5.56 Å². The van der Waals surface area contributed by atoms with Gasteiger partial charge in [-0.3, -0.25) is 9.80 Å². The summed E-state index contributed by atoms with van der Waals surface area (Å²) in [5.74, 6) is 2.93. The lowest BCUT2D eigenvalue weighted by Crippen LogP contribution is -2.38. The summed E-state index contributed by atoms with van der Waals surface area (Å²) in [4.78, 5) is 4.39. The number of hydrogen-bond donors (Lipinski definition) is 1. The first kappa shape index (κ1) is 25.1. The number of nitrogens with zero attached hydrogens (tertiary/aromatic N) is 2. The third-order valence-electron chi connectivity index (χ3n) is 5.47. The van der Waals surface area contributed by atoms with Crippen molar-refractivity contribution >= 4 is 0 Å². The average Bonchev–Trinajstić information content (AvgIpc) is 2.84. The zero-order valence-corrected chi connectivity index (χ0v) is 19.9. The first-order chi connectivity index (χ1) is 16.1. The number of rotatable bonds is 13. The van der Waals surface area contributed by atoms with Crippen LogP contribution in [0.4, 0.5) is 0 Å². The quantitative estimate of drug-likeness (QED) is 0.488. The lowest BCUT2D eigenvalue weighted by atomic mass is 10.2. The zero-order valence-electron chi connectivity index (χ0n) is 19.9. The molecule has 0 amide bonds. The predicted octanol–water partition coefficient (Wildman–Crippen LogP) is 2.29. The molecular weight excluding hydrogens is 424 g/mol. The van der Waals surface area contributed by atoms with Crippen molar-refractivity contribution in [2.75, 3.05) is 73.9 Å². The van der Waals surface area contributed by atoms with Crippen LogP contribution >= 0.6 is 0 Å². The van der Waals surface area contributed by atoms with Gasteiger partial charge in [-0.2, -0.15) is 0 Å². The van der Waals surface area contributed by atoms with E-state index in [-0.39, 0.29) is 6.61 Å². The van der Waals surface area contributed by atoms with E-state index in [9.17, 15) is 5.11 Å². The molecule has 8 heteroatoms. The highest BCUT2D eigenvalue weighted by molar-refractivity contribution is 5.43. The summed E-state index contributed by atoms with van der Waals surface area (Å²) in [6, 6.07) is 13.3. The second-order valence-corrected chi connectivity index (χ2v) is 8.12. The smallest absolute Gasteiger partial charge is 0.161 e. The van der Waals surface area contributed by atoms with E-state index in [1.54, 1.807) is 14.2 Å². The largest absolute Gasteiger partial charge is 0.497 e. The number of hydrogen-bond acceptors (Lipinski definition) is 8. The van der Waals surface area contributed by atoms with Gasteiger partial charge in [0.1, 0.15) is 30.8 Å². The maximum atomic E-state index is 10.4. The zero-order chi connectivity index (χ0) is 23.5. The number of likely N-dealkylation sites (N-methyl/N-ethyl adjacent to an activating group) is 1. The molecule has 2 aromatic carbocycles. The van der Waals surface area contributed by atoms with Crippen molar-refractivity contribution in [3.8, 4) is 23.0 Å². The van der Waals surface area contributed by atoms with Crippen molar-refractivity contribution in [3.05, 3.63) is 48.0 Å². The van der Waals surface area contributed by atoms with Gasteiger partial charge in [0.2, 0.25) is 0 Å². The number of ether oxygens (including phenoxy) is 5. The van der Waals surface area contributed by atoms with Gasteiger partial charge in [0.05, 0.1) is 27.4 Å². The van der Waals surface area contributed by atoms with Crippen LogP contribution in [0, 0.1) is 0 Å². The molecular formula is C25H36N2O6. The van der Waals surface area contributed by atoms with Crippen molar-refractivity contribution in [1.82, 2.24) is 9.80 Å². The predicted molar refractivity (Wildman–Crippen MR) is 127 cm³/mol. The minimum absolute atomic E-state index is 0.218. The molecule has 0 spiro atoms. The molecule has 1 fully saturated rings. The fourth-order valence-electron chi connectivity index (χ4n) is 3.69. The first-order valence-electron chi connectivity index (χ1n) is 11.3. The molecule has 0 aliphatic carbocycles. The van der Waals surface area contributed by atoms with Crippen molar-refractivity contribution < 1.29 is 28.8 Å². The molecule has 1 heterocycles. The molecule has 0 radical (unpaired) electrons. The van der Waals surface area contributed by atoms with Gasteiger partial charge in [0, 0.05) is 32.7 Å². The van der Waals surface area contributed by atoms with Crippen LogP contribution in [0.2, 0.25) is 0 Å².